The lowest BCUT2D eigenvalue weighted by atomic mass is 10.1. The number of alkyl carbamates (subject to hydrolysis) is 1. The van der Waals surface area contributed by atoms with Crippen molar-refractivity contribution in [3.8, 4) is 0 Å². The van der Waals surface area contributed by atoms with Gasteiger partial charge < -0.3 is 19.5 Å². The molecule has 1 saturated carbocycles. The van der Waals surface area contributed by atoms with Crippen LogP contribution >= 0.6 is 15.9 Å². The number of carbonyl (C=O) groups excluding carboxylic acids is 1. The van der Waals surface area contributed by atoms with E-state index in [9.17, 15) is 4.79 Å². The van der Waals surface area contributed by atoms with Crippen LogP contribution in [0.25, 0.3) is 0 Å². The highest BCUT2D eigenvalue weighted by molar-refractivity contribution is 9.09. The van der Waals surface area contributed by atoms with Crippen LogP contribution in [0.4, 0.5) is 4.79 Å². The minimum Gasteiger partial charge on any atom is -0.444 e. The highest BCUT2D eigenvalue weighted by Gasteiger charge is 2.26. The van der Waals surface area contributed by atoms with Crippen LogP contribution in [0.2, 0.25) is 0 Å². The van der Waals surface area contributed by atoms with E-state index in [4.69, 9.17) is 14.2 Å². The lowest BCUT2D eigenvalue weighted by Crippen LogP contribution is -2.46. The Morgan fingerprint density at radius 2 is 1.82 bits per heavy atom. The van der Waals surface area contributed by atoms with Crippen LogP contribution in [-0.2, 0) is 14.2 Å². The van der Waals surface area contributed by atoms with E-state index in [1.807, 2.05) is 27.7 Å². The number of rotatable bonds is 8. The first-order chi connectivity index (χ1) is 10.2. The minimum atomic E-state index is -0.495. The maximum atomic E-state index is 11.7. The van der Waals surface area contributed by atoms with E-state index in [1.165, 1.54) is 12.8 Å². The number of ether oxygens (including phenoxy) is 3. The van der Waals surface area contributed by atoms with Gasteiger partial charge in [-0.2, -0.15) is 0 Å². The topological polar surface area (TPSA) is 56.8 Å². The molecule has 22 heavy (non-hydrogen) atoms. The standard InChI is InChI=1S/C16H30BrNO4/c1-15(2,3)22-14(19)18-12-16(4,11-17)21-10-9-20-13-7-5-6-8-13/h13H,5-12H2,1-4H3,(H,18,19). The van der Waals surface area contributed by atoms with Crippen molar-refractivity contribution in [1.82, 2.24) is 5.32 Å². The number of hydrogen-bond acceptors (Lipinski definition) is 4. The van der Waals surface area contributed by atoms with Crippen molar-refractivity contribution >= 4 is 22.0 Å². The molecule has 1 atom stereocenters. The van der Waals surface area contributed by atoms with E-state index in [-0.39, 0.29) is 0 Å². The zero-order valence-corrected chi connectivity index (χ0v) is 15.8. The molecule has 1 aliphatic carbocycles. The van der Waals surface area contributed by atoms with Crippen LogP contribution in [0.5, 0.6) is 0 Å². The number of carbonyl (C=O) groups is 1. The molecule has 130 valence electrons. The van der Waals surface area contributed by atoms with E-state index in [0.717, 1.165) is 12.8 Å². The molecule has 0 heterocycles. The van der Waals surface area contributed by atoms with Crippen molar-refractivity contribution < 1.29 is 19.0 Å². The second-order valence-corrected chi connectivity index (χ2v) is 7.63. The fourth-order valence-electron chi connectivity index (χ4n) is 2.27. The molecule has 0 aromatic rings. The first-order valence-corrected chi connectivity index (χ1v) is 9.15. The monoisotopic (exact) mass is 379 g/mol. The number of alkyl halides is 1. The van der Waals surface area contributed by atoms with E-state index in [2.05, 4.69) is 21.2 Å². The predicted octanol–water partition coefficient (Wildman–Crippen LogP) is 3.64. The van der Waals surface area contributed by atoms with Crippen molar-refractivity contribution in [2.24, 2.45) is 0 Å². The van der Waals surface area contributed by atoms with E-state index < -0.39 is 17.3 Å². The van der Waals surface area contributed by atoms with Gasteiger partial charge in [0, 0.05) is 5.33 Å². The highest BCUT2D eigenvalue weighted by Crippen LogP contribution is 2.21. The summed E-state index contributed by atoms with van der Waals surface area (Å²) in [4.78, 5) is 11.7. The maximum Gasteiger partial charge on any atom is 0.407 e. The van der Waals surface area contributed by atoms with Crippen LogP contribution in [0.3, 0.4) is 0 Å². The predicted molar refractivity (Wildman–Crippen MR) is 90.6 cm³/mol. The smallest absolute Gasteiger partial charge is 0.407 e. The SMILES string of the molecule is CC(C)(C)OC(=O)NCC(C)(CBr)OCCOC1CCCC1. The van der Waals surface area contributed by atoms with Gasteiger partial charge in [-0.25, -0.2) is 4.79 Å². The van der Waals surface area contributed by atoms with Crippen molar-refractivity contribution in [3.05, 3.63) is 0 Å². The second kappa shape index (κ2) is 9.08. The Morgan fingerprint density at radius 3 is 2.36 bits per heavy atom. The largest absolute Gasteiger partial charge is 0.444 e. The first-order valence-electron chi connectivity index (χ1n) is 8.02. The van der Waals surface area contributed by atoms with Crippen molar-refractivity contribution in [3.63, 3.8) is 0 Å². The minimum absolute atomic E-state index is 0.386. The number of halogens is 1. The zero-order valence-electron chi connectivity index (χ0n) is 14.2. The molecule has 1 fully saturated rings. The van der Waals surface area contributed by atoms with Gasteiger partial charge >= 0.3 is 6.09 Å². The highest BCUT2D eigenvalue weighted by atomic mass is 79.9. The summed E-state index contributed by atoms with van der Waals surface area (Å²) in [6.07, 6.45) is 4.84. The summed E-state index contributed by atoms with van der Waals surface area (Å²) in [5.41, 5.74) is -0.971. The number of nitrogens with one attached hydrogen (secondary N) is 1. The number of amides is 1. The summed E-state index contributed by atoms with van der Waals surface area (Å²) in [6, 6.07) is 0. The summed E-state index contributed by atoms with van der Waals surface area (Å²) in [5, 5.41) is 3.38. The fraction of sp³-hybridized carbons (Fsp3) is 0.938. The second-order valence-electron chi connectivity index (χ2n) is 7.06. The summed E-state index contributed by atoms with van der Waals surface area (Å²) >= 11 is 3.44. The van der Waals surface area contributed by atoms with Crippen LogP contribution in [0.1, 0.15) is 53.4 Å². The third kappa shape index (κ3) is 8.34. The Hall–Kier alpha value is -0.330. The Morgan fingerprint density at radius 1 is 1.18 bits per heavy atom. The summed E-state index contributed by atoms with van der Waals surface area (Å²) in [7, 11) is 0. The lowest BCUT2D eigenvalue weighted by Gasteiger charge is -2.29. The molecule has 6 heteroatoms. The molecular weight excluding hydrogens is 350 g/mol. The maximum absolute atomic E-state index is 11.7. The van der Waals surface area contributed by atoms with Crippen LogP contribution in [0, 0.1) is 0 Å². The van der Waals surface area contributed by atoms with E-state index in [1.54, 1.807) is 0 Å². The Kier molecular flexibility index (Phi) is 8.14. The Balaban J connectivity index is 2.22. The van der Waals surface area contributed by atoms with Gasteiger partial charge in [0.2, 0.25) is 0 Å². The van der Waals surface area contributed by atoms with Gasteiger partial charge in [0.1, 0.15) is 5.60 Å². The third-order valence-corrected chi connectivity index (χ3v) is 4.66. The molecule has 0 spiro atoms. The van der Waals surface area contributed by atoms with E-state index >= 15 is 0 Å². The molecule has 0 saturated heterocycles. The summed E-state index contributed by atoms with van der Waals surface area (Å²) in [6.45, 7) is 8.98. The lowest BCUT2D eigenvalue weighted by molar-refractivity contribution is -0.0555. The average Bonchev–Trinajstić information content (AvgIpc) is 2.93. The molecule has 1 rings (SSSR count). The zero-order chi connectivity index (χ0) is 16.6. The molecular formula is C16H30BrNO4. The van der Waals surface area contributed by atoms with Gasteiger partial charge in [-0.15, -0.1) is 0 Å². The summed E-state index contributed by atoms with van der Waals surface area (Å²) in [5.74, 6) is 0. The van der Waals surface area contributed by atoms with Crippen LogP contribution in [-0.4, -0.2) is 48.5 Å². The molecule has 0 aromatic carbocycles. The number of hydrogen-bond donors (Lipinski definition) is 1. The molecule has 5 nitrogen and oxygen atoms in total. The van der Waals surface area contributed by atoms with Gasteiger partial charge in [0.15, 0.2) is 0 Å². The fourth-order valence-corrected chi connectivity index (χ4v) is 2.63. The normalized spacial score (nSPS) is 19.0. The van der Waals surface area contributed by atoms with Crippen molar-refractivity contribution in [2.75, 3.05) is 25.1 Å². The summed E-state index contributed by atoms with van der Waals surface area (Å²) < 4.78 is 16.9. The average molecular weight is 380 g/mol. The Labute approximate surface area is 142 Å². The van der Waals surface area contributed by atoms with E-state index in [0.29, 0.717) is 31.2 Å². The van der Waals surface area contributed by atoms with Crippen molar-refractivity contribution in [1.29, 1.82) is 0 Å². The van der Waals surface area contributed by atoms with Gasteiger partial charge in [-0.3, -0.25) is 0 Å². The molecule has 0 radical (unpaired) electrons. The molecule has 0 bridgehead atoms. The van der Waals surface area contributed by atoms with Crippen LogP contribution < -0.4 is 5.32 Å². The molecule has 1 N–H and O–H groups in total. The van der Waals surface area contributed by atoms with Crippen LogP contribution in [0.15, 0.2) is 0 Å². The molecule has 1 amide bonds. The van der Waals surface area contributed by atoms with Gasteiger partial charge in [0.05, 0.1) is 31.5 Å². The van der Waals surface area contributed by atoms with Gasteiger partial charge in [0.25, 0.3) is 0 Å². The molecule has 1 aliphatic rings. The molecule has 1 unspecified atom stereocenters. The van der Waals surface area contributed by atoms with Gasteiger partial charge in [-0.1, -0.05) is 28.8 Å². The van der Waals surface area contributed by atoms with Crippen molar-refractivity contribution in [2.45, 2.75) is 70.7 Å². The Bertz CT molecular complexity index is 340. The molecule has 0 aromatic heterocycles. The third-order valence-electron chi connectivity index (χ3n) is 3.48. The first kappa shape index (κ1) is 19.7. The molecule has 0 aliphatic heterocycles. The quantitative estimate of drug-likeness (QED) is 0.516. The van der Waals surface area contributed by atoms with Gasteiger partial charge in [-0.05, 0) is 40.5 Å².